The van der Waals surface area contributed by atoms with Crippen LogP contribution in [0.2, 0.25) is 0 Å². The number of hydrogen-bond acceptors (Lipinski definition) is 6. The number of piperidine rings is 1. The van der Waals surface area contributed by atoms with E-state index < -0.39 is 10.0 Å². The van der Waals surface area contributed by atoms with Gasteiger partial charge in [0, 0.05) is 31.6 Å². The largest absolute Gasteiger partial charge is 0.349 e. The Kier molecular flexibility index (Phi) is 5.02. The van der Waals surface area contributed by atoms with Gasteiger partial charge in [-0.05, 0) is 37.1 Å². The summed E-state index contributed by atoms with van der Waals surface area (Å²) in [5.41, 5.74) is 1.55. The molecular formula is C22H22N4O3S2. The lowest BCUT2D eigenvalue weighted by Crippen LogP contribution is -2.45. The van der Waals surface area contributed by atoms with Crippen molar-refractivity contribution in [3.05, 3.63) is 59.1 Å². The van der Waals surface area contributed by atoms with Crippen molar-refractivity contribution in [1.82, 2.24) is 14.8 Å². The zero-order valence-electron chi connectivity index (χ0n) is 17.1. The molecule has 0 N–H and O–H groups in total. The minimum absolute atomic E-state index is 0.0298. The number of likely N-dealkylation sites (tertiary alicyclic amines) is 1. The molecule has 0 radical (unpaired) electrons. The zero-order chi connectivity index (χ0) is 21.6. The number of rotatable bonds is 3. The van der Waals surface area contributed by atoms with Crippen molar-refractivity contribution in [1.29, 1.82) is 0 Å². The predicted octanol–water partition coefficient (Wildman–Crippen LogP) is 3.08. The molecule has 3 aromatic rings. The average Bonchev–Trinajstić information content (AvgIpc) is 3.33. The molecular weight excluding hydrogens is 432 g/mol. The number of hydrogen-bond donors (Lipinski definition) is 0. The van der Waals surface area contributed by atoms with Crippen LogP contribution in [0.1, 0.15) is 29.3 Å². The number of nitrogens with zero attached hydrogens (tertiary/aromatic N) is 4. The molecule has 1 aromatic heterocycles. The number of amidine groups is 1. The summed E-state index contributed by atoms with van der Waals surface area (Å²) in [6, 6.07) is 14.8. The molecule has 0 aliphatic carbocycles. The molecule has 5 rings (SSSR count). The molecule has 0 saturated carbocycles. The van der Waals surface area contributed by atoms with E-state index in [-0.39, 0.29) is 23.3 Å². The molecule has 1 saturated heterocycles. The fraction of sp³-hybridized carbons (Fsp3) is 0.318. The quantitative estimate of drug-likeness (QED) is 0.607. The Morgan fingerprint density at radius 3 is 2.81 bits per heavy atom. The smallest absolute Gasteiger partial charge is 0.285 e. The Morgan fingerprint density at radius 1 is 1.19 bits per heavy atom. The number of benzene rings is 2. The molecule has 31 heavy (non-hydrogen) atoms. The Bertz CT molecular complexity index is 1270. The van der Waals surface area contributed by atoms with Crippen molar-refractivity contribution < 1.29 is 13.2 Å². The van der Waals surface area contributed by atoms with Gasteiger partial charge in [-0.1, -0.05) is 24.3 Å². The SMILES string of the molecule is CN(CC(=O)N1CCC[C@H](c2nc3ccccc3s2)C1)C1=NS(=O)(=O)c2ccccc21. The van der Waals surface area contributed by atoms with Crippen LogP contribution < -0.4 is 0 Å². The summed E-state index contributed by atoms with van der Waals surface area (Å²) >= 11 is 1.70. The van der Waals surface area contributed by atoms with Gasteiger partial charge >= 0.3 is 0 Å². The van der Waals surface area contributed by atoms with Crippen molar-refractivity contribution in [2.24, 2.45) is 4.40 Å². The minimum Gasteiger partial charge on any atom is -0.349 e. The Balaban J connectivity index is 1.30. The number of para-hydroxylation sites is 1. The van der Waals surface area contributed by atoms with Crippen LogP contribution in [0.4, 0.5) is 0 Å². The maximum atomic E-state index is 13.1. The Hall–Kier alpha value is -2.78. The molecule has 2 aromatic carbocycles. The van der Waals surface area contributed by atoms with Crippen LogP contribution in [-0.4, -0.2) is 61.6 Å². The maximum absolute atomic E-state index is 13.1. The van der Waals surface area contributed by atoms with Gasteiger partial charge in [-0.3, -0.25) is 4.79 Å². The maximum Gasteiger partial charge on any atom is 0.285 e. The van der Waals surface area contributed by atoms with E-state index in [1.54, 1.807) is 47.5 Å². The number of amides is 1. The fourth-order valence-corrected chi connectivity index (χ4v) is 6.56. The van der Waals surface area contributed by atoms with Crippen LogP contribution in [0.3, 0.4) is 0 Å². The summed E-state index contributed by atoms with van der Waals surface area (Å²) in [7, 11) is -1.99. The second-order valence-electron chi connectivity index (χ2n) is 7.94. The van der Waals surface area contributed by atoms with Crippen molar-refractivity contribution in [3.63, 3.8) is 0 Å². The Labute approximate surface area is 185 Å². The molecule has 1 atom stereocenters. The van der Waals surface area contributed by atoms with E-state index in [4.69, 9.17) is 4.98 Å². The van der Waals surface area contributed by atoms with E-state index in [0.717, 1.165) is 23.4 Å². The number of sulfonamides is 1. The van der Waals surface area contributed by atoms with E-state index in [1.165, 1.54) is 4.70 Å². The normalized spacial score (nSPS) is 19.8. The van der Waals surface area contributed by atoms with Crippen LogP contribution in [0.5, 0.6) is 0 Å². The lowest BCUT2D eigenvalue weighted by molar-refractivity contribution is -0.132. The third-order valence-corrected chi connectivity index (χ3v) is 8.30. The topological polar surface area (TPSA) is 82.9 Å². The molecule has 1 fully saturated rings. The first-order valence-corrected chi connectivity index (χ1v) is 12.5. The molecule has 7 nitrogen and oxygen atoms in total. The highest BCUT2D eigenvalue weighted by atomic mass is 32.2. The summed E-state index contributed by atoms with van der Waals surface area (Å²) < 4.78 is 29.7. The van der Waals surface area contributed by atoms with Crippen molar-refractivity contribution in [2.45, 2.75) is 23.7 Å². The number of aromatic nitrogens is 1. The molecule has 0 unspecified atom stereocenters. The fourth-order valence-electron chi connectivity index (χ4n) is 4.21. The molecule has 160 valence electrons. The number of thiazole rings is 1. The summed E-state index contributed by atoms with van der Waals surface area (Å²) in [5, 5.41) is 1.08. The van der Waals surface area contributed by atoms with Gasteiger partial charge in [0.25, 0.3) is 10.0 Å². The predicted molar refractivity (Wildman–Crippen MR) is 121 cm³/mol. The molecule has 9 heteroatoms. The average molecular weight is 455 g/mol. The third-order valence-electron chi connectivity index (χ3n) is 5.78. The zero-order valence-corrected chi connectivity index (χ0v) is 18.7. The standard InChI is InChI=1S/C22H22N4O3S2/c1-25(21-16-8-2-5-11-19(16)31(28,29)24-21)14-20(27)26-12-6-7-15(13-26)22-23-17-9-3-4-10-18(17)30-22/h2-5,8-11,15H,6-7,12-14H2,1H3/t15-/m0/s1. The first kappa shape index (κ1) is 20.1. The molecule has 1 amide bonds. The number of carbonyl (C=O) groups is 1. The van der Waals surface area contributed by atoms with Gasteiger partial charge < -0.3 is 9.80 Å². The van der Waals surface area contributed by atoms with Gasteiger partial charge in [0.05, 0.1) is 21.8 Å². The van der Waals surface area contributed by atoms with Gasteiger partial charge in [0.15, 0.2) is 5.84 Å². The van der Waals surface area contributed by atoms with Crippen molar-refractivity contribution >= 4 is 43.3 Å². The van der Waals surface area contributed by atoms with E-state index >= 15 is 0 Å². The molecule has 0 bridgehead atoms. The summed E-state index contributed by atoms with van der Waals surface area (Å²) in [6.45, 7) is 1.42. The molecule has 2 aliphatic heterocycles. The summed E-state index contributed by atoms with van der Waals surface area (Å²) in [4.78, 5) is 21.5. The van der Waals surface area contributed by atoms with Crippen LogP contribution in [0.25, 0.3) is 10.2 Å². The van der Waals surface area contributed by atoms with Crippen molar-refractivity contribution in [2.75, 3.05) is 26.7 Å². The first-order chi connectivity index (χ1) is 14.9. The van der Waals surface area contributed by atoms with Crippen LogP contribution in [0.15, 0.2) is 57.8 Å². The van der Waals surface area contributed by atoms with Crippen molar-refractivity contribution in [3.8, 4) is 0 Å². The second kappa shape index (κ2) is 7.72. The molecule has 3 heterocycles. The van der Waals surface area contributed by atoms with Crippen LogP contribution in [0, 0.1) is 0 Å². The summed E-state index contributed by atoms with van der Waals surface area (Å²) in [5.74, 6) is 0.520. The lowest BCUT2D eigenvalue weighted by Gasteiger charge is -2.33. The van der Waals surface area contributed by atoms with Gasteiger partial charge in [0.1, 0.15) is 4.90 Å². The van der Waals surface area contributed by atoms with Crippen LogP contribution in [-0.2, 0) is 14.8 Å². The third kappa shape index (κ3) is 3.72. The highest BCUT2D eigenvalue weighted by Crippen LogP contribution is 2.33. The molecule has 2 aliphatic rings. The monoisotopic (exact) mass is 454 g/mol. The Morgan fingerprint density at radius 2 is 1.97 bits per heavy atom. The number of likely N-dealkylation sites (N-methyl/N-ethyl adjacent to an activating group) is 1. The van der Waals surface area contributed by atoms with Gasteiger partial charge in [-0.25, -0.2) is 4.98 Å². The highest BCUT2D eigenvalue weighted by Gasteiger charge is 2.32. The lowest BCUT2D eigenvalue weighted by atomic mass is 9.98. The van der Waals surface area contributed by atoms with E-state index in [2.05, 4.69) is 10.5 Å². The second-order valence-corrected chi connectivity index (χ2v) is 10.6. The number of fused-ring (bicyclic) bond motifs is 2. The first-order valence-electron chi connectivity index (χ1n) is 10.2. The van der Waals surface area contributed by atoms with E-state index in [1.807, 2.05) is 23.1 Å². The molecule has 0 spiro atoms. The number of carbonyl (C=O) groups excluding carboxylic acids is 1. The highest BCUT2D eigenvalue weighted by molar-refractivity contribution is 7.90. The summed E-state index contributed by atoms with van der Waals surface area (Å²) in [6.07, 6.45) is 1.94. The van der Waals surface area contributed by atoms with Gasteiger partial charge in [0.2, 0.25) is 5.91 Å². The minimum atomic E-state index is -3.70. The van der Waals surface area contributed by atoms with Gasteiger partial charge in [-0.15, -0.1) is 15.7 Å². The van der Waals surface area contributed by atoms with E-state index in [0.29, 0.717) is 24.5 Å². The van der Waals surface area contributed by atoms with E-state index in [9.17, 15) is 13.2 Å². The van der Waals surface area contributed by atoms with Crippen LogP contribution >= 0.6 is 11.3 Å². The van der Waals surface area contributed by atoms with Gasteiger partial charge in [-0.2, -0.15) is 8.42 Å².